The van der Waals surface area contributed by atoms with Gasteiger partial charge in [0.25, 0.3) is 5.91 Å². The Bertz CT molecular complexity index is 1060. The highest BCUT2D eigenvalue weighted by Crippen LogP contribution is 2.27. The van der Waals surface area contributed by atoms with Crippen LogP contribution in [0.5, 0.6) is 0 Å². The molecule has 1 aliphatic carbocycles. The van der Waals surface area contributed by atoms with E-state index in [9.17, 15) is 9.59 Å². The molecule has 31 heavy (non-hydrogen) atoms. The van der Waals surface area contributed by atoms with Crippen LogP contribution in [0.1, 0.15) is 69.3 Å². The molecule has 4 rings (SSSR count). The van der Waals surface area contributed by atoms with Gasteiger partial charge in [-0.15, -0.1) is 0 Å². The van der Waals surface area contributed by atoms with Crippen LogP contribution in [0.3, 0.4) is 0 Å². The molecule has 3 aromatic rings. The topological polar surface area (TPSA) is 99.2 Å². The molecule has 1 amide bonds. The maximum atomic E-state index is 13.1. The fourth-order valence-electron chi connectivity index (χ4n) is 3.96. The van der Waals surface area contributed by atoms with E-state index in [0.29, 0.717) is 28.1 Å². The second-order valence-electron chi connectivity index (χ2n) is 8.34. The summed E-state index contributed by atoms with van der Waals surface area (Å²) < 4.78 is 12.8. The van der Waals surface area contributed by atoms with Crippen molar-refractivity contribution in [2.75, 3.05) is 0 Å². The lowest BCUT2D eigenvalue weighted by Crippen LogP contribution is -2.42. The molecule has 0 saturated heterocycles. The highest BCUT2D eigenvalue weighted by molar-refractivity contribution is 6.04. The molecule has 1 unspecified atom stereocenters. The lowest BCUT2D eigenvalue weighted by molar-refractivity contribution is -0.130. The Kier molecular flexibility index (Phi) is 6.06. The van der Waals surface area contributed by atoms with Crippen molar-refractivity contribution >= 4 is 22.9 Å². The van der Waals surface area contributed by atoms with Crippen molar-refractivity contribution in [1.82, 2.24) is 20.1 Å². The number of fused-ring (bicyclic) bond motifs is 1. The van der Waals surface area contributed by atoms with Crippen molar-refractivity contribution in [3.05, 3.63) is 36.2 Å². The smallest absolute Gasteiger partial charge is 0.339 e. The van der Waals surface area contributed by atoms with Gasteiger partial charge in [-0.05, 0) is 51.8 Å². The second-order valence-corrected chi connectivity index (χ2v) is 8.34. The zero-order chi connectivity index (χ0) is 22.0. The highest BCUT2D eigenvalue weighted by Gasteiger charge is 2.25. The molecule has 8 nitrogen and oxygen atoms in total. The zero-order valence-electron chi connectivity index (χ0n) is 18.1. The van der Waals surface area contributed by atoms with Gasteiger partial charge >= 0.3 is 5.97 Å². The largest absolute Gasteiger partial charge is 0.463 e. The summed E-state index contributed by atoms with van der Waals surface area (Å²) >= 11 is 0. The third-order valence-corrected chi connectivity index (χ3v) is 5.65. The summed E-state index contributed by atoms with van der Waals surface area (Å²) in [7, 11) is 0. The van der Waals surface area contributed by atoms with Crippen molar-refractivity contribution in [2.45, 2.75) is 71.1 Å². The van der Waals surface area contributed by atoms with E-state index in [1.807, 2.05) is 13.8 Å². The number of nitrogens with zero attached hydrogens (tertiary/aromatic N) is 3. The van der Waals surface area contributed by atoms with Gasteiger partial charge in [-0.3, -0.25) is 4.79 Å². The first kappa shape index (κ1) is 21.1. The predicted octanol–water partition coefficient (Wildman–Crippen LogP) is 4.27. The monoisotopic (exact) mass is 424 g/mol. The standard InChI is InChI=1S/C23H28N4O4/c1-14(2)27-21-18(13-24-27)17(12-19(26-21)20-10-7-11-30-20)23(29)31-15(3)22(28)25-16-8-5-4-6-9-16/h7,10-16H,4-6,8-9H2,1-3H3,(H,25,28). The minimum absolute atomic E-state index is 0.0564. The Labute approximate surface area is 181 Å². The Morgan fingerprint density at radius 1 is 1.23 bits per heavy atom. The second kappa shape index (κ2) is 8.91. The van der Waals surface area contributed by atoms with Gasteiger partial charge in [-0.1, -0.05) is 19.3 Å². The van der Waals surface area contributed by atoms with Crippen molar-refractivity contribution in [2.24, 2.45) is 0 Å². The third kappa shape index (κ3) is 4.47. The van der Waals surface area contributed by atoms with Crippen LogP contribution in [0.25, 0.3) is 22.5 Å². The molecule has 3 aromatic heterocycles. The van der Waals surface area contributed by atoms with Crippen molar-refractivity contribution in [3.8, 4) is 11.5 Å². The first-order valence-corrected chi connectivity index (χ1v) is 10.9. The Balaban J connectivity index is 1.60. The molecule has 1 aliphatic rings. The Morgan fingerprint density at radius 2 is 2.00 bits per heavy atom. The number of aromatic nitrogens is 3. The maximum Gasteiger partial charge on any atom is 0.339 e. The van der Waals surface area contributed by atoms with Crippen molar-refractivity contribution in [3.63, 3.8) is 0 Å². The van der Waals surface area contributed by atoms with Crippen molar-refractivity contribution < 1.29 is 18.7 Å². The first-order valence-electron chi connectivity index (χ1n) is 10.9. The Hall–Kier alpha value is -3.16. The first-order chi connectivity index (χ1) is 14.9. The summed E-state index contributed by atoms with van der Waals surface area (Å²) in [5, 5.41) is 7.97. The summed E-state index contributed by atoms with van der Waals surface area (Å²) in [5.41, 5.74) is 1.38. The average Bonchev–Trinajstić information content (AvgIpc) is 3.43. The molecular formula is C23H28N4O4. The summed E-state index contributed by atoms with van der Waals surface area (Å²) in [5.74, 6) is -0.319. The van der Waals surface area contributed by atoms with Crippen LogP contribution < -0.4 is 5.32 Å². The van der Waals surface area contributed by atoms with E-state index in [-0.39, 0.29) is 18.0 Å². The van der Waals surface area contributed by atoms with Gasteiger partial charge in [-0.2, -0.15) is 5.10 Å². The molecule has 1 saturated carbocycles. The average molecular weight is 425 g/mol. The number of nitrogens with one attached hydrogen (secondary N) is 1. The van der Waals surface area contributed by atoms with Crippen LogP contribution in [-0.2, 0) is 9.53 Å². The number of hydrogen-bond donors (Lipinski definition) is 1. The van der Waals surface area contributed by atoms with Gasteiger partial charge < -0.3 is 14.5 Å². The summed E-state index contributed by atoms with van der Waals surface area (Å²) in [6, 6.07) is 5.38. The molecule has 1 N–H and O–H groups in total. The van der Waals surface area contributed by atoms with Gasteiger partial charge in [0.15, 0.2) is 17.5 Å². The number of carbonyl (C=O) groups excluding carboxylic acids is 2. The zero-order valence-corrected chi connectivity index (χ0v) is 18.1. The van der Waals surface area contributed by atoms with E-state index >= 15 is 0 Å². The summed E-state index contributed by atoms with van der Waals surface area (Å²) in [6.07, 6.45) is 7.64. The van der Waals surface area contributed by atoms with Crippen LogP contribution in [0.4, 0.5) is 0 Å². The number of hydrogen-bond acceptors (Lipinski definition) is 6. The quantitative estimate of drug-likeness (QED) is 0.594. The van der Waals surface area contributed by atoms with E-state index in [0.717, 1.165) is 25.7 Å². The van der Waals surface area contributed by atoms with Crippen LogP contribution in [0, 0.1) is 0 Å². The van der Waals surface area contributed by atoms with Gasteiger partial charge in [0, 0.05) is 12.1 Å². The van der Waals surface area contributed by atoms with E-state index in [4.69, 9.17) is 9.15 Å². The van der Waals surface area contributed by atoms with Gasteiger partial charge in [0.2, 0.25) is 0 Å². The molecule has 0 aromatic carbocycles. The minimum Gasteiger partial charge on any atom is -0.463 e. The molecule has 0 aliphatic heterocycles. The fourth-order valence-corrected chi connectivity index (χ4v) is 3.96. The van der Waals surface area contributed by atoms with Crippen LogP contribution >= 0.6 is 0 Å². The predicted molar refractivity (Wildman–Crippen MR) is 116 cm³/mol. The minimum atomic E-state index is -0.898. The molecule has 164 valence electrons. The molecule has 1 fully saturated rings. The number of esters is 1. The number of ether oxygens (including phenoxy) is 1. The molecule has 8 heteroatoms. The lowest BCUT2D eigenvalue weighted by Gasteiger charge is -2.24. The van der Waals surface area contributed by atoms with Crippen molar-refractivity contribution in [1.29, 1.82) is 0 Å². The molecule has 1 atom stereocenters. The van der Waals surface area contributed by atoms with E-state index in [1.54, 1.807) is 42.3 Å². The number of pyridine rings is 1. The van der Waals surface area contributed by atoms with Crippen LogP contribution in [-0.4, -0.2) is 38.8 Å². The SMILES string of the molecule is CC(OC(=O)c1cc(-c2ccco2)nc2c1cnn2C(C)C)C(=O)NC1CCCCC1. The third-order valence-electron chi connectivity index (χ3n) is 5.65. The lowest BCUT2D eigenvalue weighted by atomic mass is 9.95. The number of carbonyl (C=O) groups is 2. The molecule has 0 bridgehead atoms. The van der Waals surface area contributed by atoms with Crippen LogP contribution in [0.15, 0.2) is 35.1 Å². The molecule has 0 radical (unpaired) electrons. The van der Waals surface area contributed by atoms with Gasteiger partial charge in [-0.25, -0.2) is 14.5 Å². The van der Waals surface area contributed by atoms with Gasteiger partial charge in [0.05, 0.1) is 23.4 Å². The van der Waals surface area contributed by atoms with Crippen LogP contribution in [0.2, 0.25) is 0 Å². The number of rotatable bonds is 6. The summed E-state index contributed by atoms with van der Waals surface area (Å²) in [6.45, 7) is 5.58. The number of amides is 1. The van der Waals surface area contributed by atoms with E-state index < -0.39 is 12.1 Å². The molecular weight excluding hydrogens is 396 g/mol. The van der Waals surface area contributed by atoms with Gasteiger partial charge in [0.1, 0.15) is 5.69 Å². The van der Waals surface area contributed by atoms with E-state index in [1.165, 1.54) is 6.42 Å². The fraction of sp³-hybridized carbons (Fsp3) is 0.478. The maximum absolute atomic E-state index is 13.1. The number of furan rings is 1. The molecule has 0 spiro atoms. The Morgan fingerprint density at radius 3 is 2.68 bits per heavy atom. The van der Waals surface area contributed by atoms with E-state index in [2.05, 4.69) is 15.4 Å². The highest BCUT2D eigenvalue weighted by atomic mass is 16.5. The molecule has 3 heterocycles. The summed E-state index contributed by atoms with van der Waals surface area (Å²) in [4.78, 5) is 30.3. The normalized spacial score (nSPS) is 15.9.